The minimum atomic E-state index is 0.0842. The highest BCUT2D eigenvalue weighted by atomic mass is 35.5. The number of nitriles is 2. The molecule has 2 aromatic heterocycles. The molecule has 0 aromatic carbocycles. The average Bonchev–Trinajstić information content (AvgIpc) is 2.77. The molecular weight excluding hydrogens is 244 g/mol. The molecule has 0 amide bonds. The SMILES string of the molecule is N#Cc1ccc(-c2nc(Cl)ncc2C#N)s1. The summed E-state index contributed by atoms with van der Waals surface area (Å²) in [6.07, 6.45) is 1.37. The smallest absolute Gasteiger partial charge is 0.222 e. The van der Waals surface area contributed by atoms with E-state index in [-0.39, 0.29) is 5.28 Å². The summed E-state index contributed by atoms with van der Waals surface area (Å²) in [5.74, 6) is 0. The Balaban J connectivity index is 2.60. The van der Waals surface area contributed by atoms with Crippen molar-refractivity contribution in [2.45, 2.75) is 0 Å². The van der Waals surface area contributed by atoms with Crippen LogP contribution in [0, 0.1) is 22.7 Å². The van der Waals surface area contributed by atoms with Crippen molar-refractivity contribution in [3.05, 3.63) is 34.1 Å². The number of hydrogen-bond acceptors (Lipinski definition) is 5. The number of hydrogen-bond donors (Lipinski definition) is 0. The Morgan fingerprint density at radius 1 is 1.25 bits per heavy atom. The Morgan fingerprint density at radius 2 is 2.06 bits per heavy atom. The zero-order chi connectivity index (χ0) is 11.5. The summed E-state index contributed by atoms with van der Waals surface area (Å²) in [7, 11) is 0. The summed E-state index contributed by atoms with van der Waals surface area (Å²) >= 11 is 6.94. The standard InChI is InChI=1S/C10H3ClN4S/c11-10-14-5-6(3-12)9(15-10)8-2-1-7(4-13)16-8/h1-2,5H. The van der Waals surface area contributed by atoms with E-state index < -0.39 is 0 Å². The Morgan fingerprint density at radius 3 is 2.69 bits per heavy atom. The number of halogens is 1. The molecule has 0 spiro atoms. The lowest BCUT2D eigenvalue weighted by Crippen LogP contribution is -1.90. The van der Waals surface area contributed by atoms with E-state index in [9.17, 15) is 0 Å². The van der Waals surface area contributed by atoms with Crippen LogP contribution in [-0.4, -0.2) is 9.97 Å². The van der Waals surface area contributed by atoms with Crippen LogP contribution in [0.25, 0.3) is 10.6 Å². The van der Waals surface area contributed by atoms with E-state index in [1.807, 2.05) is 12.1 Å². The Bertz CT molecular complexity index is 620. The molecule has 0 aliphatic heterocycles. The van der Waals surface area contributed by atoms with Gasteiger partial charge in [-0.3, -0.25) is 0 Å². The van der Waals surface area contributed by atoms with E-state index in [0.717, 1.165) is 4.88 Å². The first-order chi connectivity index (χ1) is 7.74. The van der Waals surface area contributed by atoms with Crippen molar-refractivity contribution in [3.8, 4) is 22.7 Å². The molecule has 0 fully saturated rings. The highest BCUT2D eigenvalue weighted by Gasteiger charge is 2.11. The van der Waals surface area contributed by atoms with Crippen molar-refractivity contribution in [2.24, 2.45) is 0 Å². The zero-order valence-electron chi connectivity index (χ0n) is 7.81. The van der Waals surface area contributed by atoms with E-state index in [1.165, 1.54) is 17.5 Å². The number of nitrogens with zero attached hydrogens (tertiary/aromatic N) is 4. The van der Waals surface area contributed by atoms with Crippen molar-refractivity contribution in [1.29, 1.82) is 10.5 Å². The summed E-state index contributed by atoms with van der Waals surface area (Å²) in [6.45, 7) is 0. The maximum absolute atomic E-state index is 8.90. The van der Waals surface area contributed by atoms with Gasteiger partial charge in [0, 0.05) is 0 Å². The van der Waals surface area contributed by atoms with Gasteiger partial charge in [0.25, 0.3) is 0 Å². The predicted molar refractivity (Wildman–Crippen MR) is 59.8 cm³/mol. The molecule has 0 saturated carbocycles. The highest BCUT2D eigenvalue weighted by molar-refractivity contribution is 7.16. The molecule has 0 unspecified atom stereocenters. The van der Waals surface area contributed by atoms with E-state index in [1.54, 1.807) is 12.1 Å². The number of thiophene rings is 1. The van der Waals surface area contributed by atoms with Crippen LogP contribution in [-0.2, 0) is 0 Å². The monoisotopic (exact) mass is 246 g/mol. The van der Waals surface area contributed by atoms with Crippen LogP contribution in [0.4, 0.5) is 0 Å². The second-order valence-electron chi connectivity index (χ2n) is 2.79. The maximum atomic E-state index is 8.90. The van der Waals surface area contributed by atoms with Gasteiger partial charge in [0.1, 0.15) is 22.7 Å². The quantitative estimate of drug-likeness (QED) is 0.725. The minimum Gasteiger partial charge on any atom is -0.225 e. The molecule has 2 aromatic rings. The van der Waals surface area contributed by atoms with Crippen molar-refractivity contribution < 1.29 is 0 Å². The van der Waals surface area contributed by atoms with E-state index in [2.05, 4.69) is 9.97 Å². The second kappa shape index (κ2) is 4.28. The summed E-state index contributed by atoms with van der Waals surface area (Å²) in [5.41, 5.74) is 0.810. The fourth-order valence-electron chi connectivity index (χ4n) is 1.16. The molecule has 4 nitrogen and oxygen atoms in total. The molecule has 0 N–H and O–H groups in total. The first-order valence-electron chi connectivity index (χ1n) is 4.17. The first kappa shape index (κ1) is 10.6. The van der Waals surface area contributed by atoms with Gasteiger partial charge >= 0.3 is 0 Å². The second-order valence-corrected chi connectivity index (χ2v) is 4.21. The van der Waals surface area contributed by atoms with Crippen LogP contribution in [0.15, 0.2) is 18.3 Å². The average molecular weight is 247 g/mol. The minimum absolute atomic E-state index is 0.0842. The molecule has 76 valence electrons. The fourth-order valence-corrected chi connectivity index (χ4v) is 2.10. The van der Waals surface area contributed by atoms with Gasteiger partial charge in [-0.1, -0.05) is 0 Å². The summed E-state index contributed by atoms with van der Waals surface area (Å²) < 4.78 is 0. The van der Waals surface area contributed by atoms with Crippen molar-refractivity contribution in [3.63, 3.8) is 0 Å². The third kappa shape index (κ3) is 1.87. The van der Waals surface area contributed by atoms with Crippen LogP contribution in [0.3, 0.4) is 0 Å². The number of aromatic nitrogens is 2. The lowest BCUT2D eigenvalue weighted by molar-refractivity contribution is 1.16. The molecule has 2 rings (SSSR count). The van der Waals surface area contributed by atoms with Gasteiger partial charge < -0.3 is 0 Å². The third-order valence-electron chi connectivity index (χ3n) is 1.83. The molecular formula is C10H3ClN4S. The van der Waals surface area contributed by atoms with Gasteiger partial charge in [-0.15, -0.1) is 11.3 Å². The first-order valence-corrected chi connectivity index (χ1v) is 5.37. The topological polar surface area (TPSA) is 73.4 Å². The van der Waals surface area contributed by atoms with Crippen LogP contribution >= 0.6 is 22.9 Å². The van der Waals surface area contributed by atoms with Crippen molar-refractivity contribution >= 4 is 22.9 Å². The van der Waals surface area contributed by atoms with Gasteiger partial charge in [-0.25, -0.2) is 9.97 Å². The van der Waals surface area contributed by atoms with E-state index in [4.69, 9.17) is 22.1 Å². The predicted octanol–water partition coefficient (Wildman–Crippen LogP) is 2.60. The van der Waals surface area contributed by atoms with Gasteiger partial charge in [0.15, 0.2) is 0 Å². The lowest BCUT2D eigenvalue weighted by atomic mass is 10.2. The van der Waals surface area contributed by atoms with Gasteiger partial charge in [-0.05, 0) is 23.7 Å². The van der Waals surface area contributed by atoms with Gasteiger partial charge in [0.2, 0.25) is 5.28 Å². The molecule has 0 bridgehead atoms. The molecule has 6 heteroatoms. The largest absolute Gasteiger partial charge is 0.225 e. The third-order valence-corrected chi connectivity index (χ3v) is 3.01. The Hall–Kier alpha value is -1.95. The van der Waals surface area contributed by atoms with Crippen LogP contribution in [0.1, 0.15) is 10.4 Å². The summed E-state index contributed by atoms with van der Waals surface area (Å²) in [6, 6.07) is 7.43. The molecule has 2 heterocycles. The fraction of sp³-hybridized carbons (Fsp3) is 0. The van der Waals surface area contributed by atoms with Gasteiger partial charge in [-0.2, -0.15) is 10.5 Å². The lowest BCUT2D eigenvalue weighted by Gasteiger charge is -1.98. The van der Waals surface area contributed by atoms with E-state index in [0.29, 0.717) is 16.1 Å². The molecule has 0 aliphatic carbocycles. The van der Waals surface area contributed by atoms with Crippen LogP contribution in [0.5, 0.6) is 0 Å². The zero-order valence-corrected chi connectivity index (χ0v) is 9.38. The van der Waals surface area contributed by atoms with Crippen LogP contribution in [0.2, 0.25) is 5.28 Å². The molecule has 0 atom stereocenters. The van der Waals surface area contributed by atoms with Crippen molar-refractivity contribution in [2.75, 3.05) is 0 Å². The van der Waals surface area contributed by atoms with Gasteiger partial charge in [0.05, 0.1) is 16.6 Å². The molecule has 0 radical (unpaired) electrons. The van der Waals surface area contributed by atoms with Crippen molar-refractivity contribution in [1.82, 2.24) is 9.97 Å². The number of rotatable bonds is 1. The molecule has 0 aliphatic rings. The Labute approximate surface area is 100 Å². The summed E-state index contributed by atoms with van der Waals surface area (Å²) in [4.78, 5) is 9.03. The maximum Gasteiger partial charge on any atom is 0.222 e. The summed E-state index contributed by atoms with van der Waals surface area (Å²) in [5, 5.41) is 17.7. The Kier molecular flexibility index (Phi) is 2.82. The van der Waals surface area contributed by atoms with Crippen LogP contribution < -0.4 is 0 Å². The van der Waals surface area contributed by atoms with E-state index >= 15 is 0 Å². The molecule has 0 saturated heterocycles. The normalized spacial score (nSPS) is 9.44. The highest BCUT2D eigenvalue weighted by Crippen LogP contribution is 2.28. The molecule has 16 heavy (non-hydrogen) atoms.